The highest BCUT2D eigenvalue weighted by Crippen LogP contribution is 2.32. The van der Waals surface area contributed by atoms with Gasteiger partial charge in [0.15, 0.2) is 0 Å². The van der Waals surface area contributed by atoms with Crippen LogP contribution >= 0.6 is 11.6 Å². The van der Waals surface area contributed by atoms with Crippen LogP contribution in [0.3, 0.4) is 0 Å². The van der Waals surface area contributed by atoms with Gasteiger partial charge in [0.1, 0.15) is 0 Å². The lowest BCUT2D eigenvalue weighted by molar-refractivity contribution is -0.138. The van der Waals surface area contributed by atoms with Crippen LogP contribution in [-0.2, 0) is 14.4 Å². The predicted molar refractivity (Wildman–Crippen MR) is 92.0 cm³/mol. The summed E-state index contributed by atoms with van der Waals surface area (Å²) in [4.78, 5) is 37.5. The van der Waals surface area contributed by atoms with E-state index in [0.29, 0.717) is 23.0 Å². The van der Waals surface area contributed by atoms with E-state index in [4.69, 9.17) is 16.7 Å². The minimum atomic E-state index is -1.00. The van der Waals surface area contributed by atoms with Crippen molar-refractivity contribution < 1.29 is 19.5 Å². The quantitative estimate of drug-likeness (QED) is 0.776. The van der Waals surface area contributed by atoms with Gasteiger partial charge >= 0.3 is 5.97 Å². The number of carbonyl (C=O) groups excluding carboxylic acids is 2. The van der Waals surface area contributed by atoms with E-state index in [1.807, 2.05) is 0 Å². The zero-order valence-electron chi connectivity index (χ0n) is 13.8. The number of likely N-dealkylation sites (tertiary alicyclic amines) is 1. The van der Waals surface area contributed by atoms with Gasteiger partial charge in [-0.25, -0.2) is 0 Å². The lowest BCUT2D eigenvalue weighted by Crippen LogP contribution is -2.36. The Hall–Kier alpha value is -2.08. The second kappa shape index (κ2) is 7.44. The van der Waals surface area contributed by atoms with E-state index in [9.17, 15) is 14.4 Å². The number of nitrogens with one attached hydrogen (secondary N) is 1. The molecule has 2 fully saturated rings. The van der Waals surface area contributed by atoms with E-state index < -0.39 is 17.9 Å². The molecular formula is C18H21ClN2O4. The van der Waals surface area contributed by atoms with Crippen LogP contribution in [0.4, 0.5) is 0 Å². The molecule has 25 heavy (non-hydrogen) atoms. The number of carbonyl (C=O) groups is 3. The maximum absolute atomic E-state index is 12.6. The van der Waals surface area contributed by atoms with Gasteiger partial charge in [-0.1, -0.05) is 23.7 Å². The number of halogens is 1. The second-order valence-corrected chi connectivity index (χ2v) is 7.29. The zero-order valence-corrected chi connectivity index (χ0v) is 14.5. The fourth-order valence-electron chi connectivity index (χ4n) is 3.15. The van der Waals surface area contributed by atoms with Crippen LogP contribution in [0.5, 0.6) is 0 Å². The van der Waals surface area contributed by atoms with Gasteiger partial charge in [0.05, 0.1) is 18.4 Å². The Morgan fingerprint density at radius 1 is 1.28 bits per heavy atom. The van der Waals surface area contributed by atoms with Crippen molar-refractivity contribution in [1.82, 2.24) is 10.2 Å². The summed E-state index contributed by atoms with van der Waals surface area (Å²) in [6, 6.07) is 6.09. The maximum Gasteiger partial charge on any atom is 0.305 e. The average molecular weight is 365 g/mol. The molecule has 2 atom stereocenters. The van der Waals surface area contributed by atoms with Crippen molar-refractivity contribution in [1.29, 1.82) is 0 Å². The van der Waals surface area contributed by atoms with Crippen molar-refractivity contribution in [2.45, 2.75) is 31.7 Å². The van der Waals surface area contributed by atoms with Crippen molar-refractivity contribution >= 4 is 29.4 Å². The normalized spacial score (nSPS) is 21.2. The predicted octanol–water partition coefficient (Wildman–Crippen LogP) is 2.23. The van der Waals surface area contributed by atoms with Crippen LogP contribution in [0.1, 0.15) is 37.3 Å². The molecule has 1 saturated heterocycles. The van der Waals surface area contributed by atoms with E-state index >= 15 is 0 Å². The van der Waals surface area contributed by atoms with E-state index in [-0.39, 0.29) is 24.7 Å². The van der Waals surface area contributed by atoms with Crippen molar-refractivity contribution in [3.05, 3.63) is 34.9 Å². The van der Waals surface area contributed by atoms with Crippen LogP contribution in [0, 0.1) is 11.8 Å². The minimum absolute atomic E-state index is 0.00771. The fourth-order valence-corrected chi connectivity index (χ4v) is 3.27. The van der Waals surface area contributed by atoms with Gasteiger partial charge in [0, 0.05) is 24.5 Å². The van der Waals surface area contributed by atoms with Crippen LogP contribution in [0.15, 0.2) is 24.3 Å². The number of hydrogen-bond donors (Lipinski definition) is 2. The van der Waals surface area contributed by atoms with Crippen LogP contribution < -0.4 is 5.32 Å². The Kier molecular flexibility index (Phi) is 5.27. The van der Waals surface area contributed by atoms with Gasteiger partial charge in [-0.05, 0) is 36.5 Å². The van der Waals surface area contributed by atoms with Crippen molar-refractivity contribution in [2.75, 3.05) is 13.1 Å². The SMILES string of the molecule is O=C(O)CC(NC(=O)C1CC(=O)N(CC2CC2)C1)c1ccc(Cl)cc1. The lowest BCUT2D eigenvalue weighted by atomic mass is 10.0. The van der Waals surface area contributed by atoms with E-state index in [0.717, 1.165) is 19.4 Å². The summed E-state index contributed by atoms with van der Waals surface area (Å²) in [6.45, 7) is 1.15. The summed E-state index contributed by atoms with van der Waals surface area (Å²) in [5.41, 5.74) is 0.680. The molecule has 0 radical (unpaired) electrons. The van der Waals surface area contributed by atoms with Crippen LogP contribution in [0.2, 0.25) is 5.02 Å². The van der Waals surface area contributed by atoms with Crippen molar-refractivity contribution in [3.8, 4) is 0 Å². The summed E-state index contributed by atoms with van der Waals surface area (Å²) >= 11 is 5.86. The molecule has 1 aromatic carbocycles. The Balaban J connectivity index is 1.64. The third kappa shape index (κ3) is 4.72. The van der Waals surface area contributed by atoms with Gasteiger partial charge in [0.25, 0.3) is 0 Å². The Morgan fingerprint density at radius 2 is 1.96 bits per heavy atom. The molecule has 2 amide bonds. The lowest BCUT2D eigenvalue weighted by Gasteiger charge is -2.20. The minimum Gasteiger partial charge on any atom is -0.481 e. The Bertz CT molecular complexity index is 672. The average Bonchev–Trinajstić information content (AvgIpc) is 3.29. The first-order valence-electron chi connectivity index (χ1n) is 8.48. The molecule has 6 nitrogen and oxygen atoms in total. The summed E-state index contributed by atoms with van der Waals surface area (Å²) in [5, 5.41) is 12.5. The molecular weight excluding hydrogens is 344 g/mol. The van der Waals surface area contributed by atoms with Gasteiger partial charge in [0.2, 0.25) is 11.8 Å². The van der Waals surface area contributed by atoms with Gasteiger partial charge in [-0.2, -0.15) is 0 Å². The van der Waals surface area contributed by atoms with Crippen molar-refractivity contribution in [2.24, 2.45) is 11.8 Å². The molecule has 1 saturated carbocycles. The van der Waals surface area contributed by atoms with E-state index in [2.05, 4.69) is 5.32 Å². The topological polar surface area (TPSA) is 86.7 Å². The third-order valence-electron chi connectivity index (χ3n) is 4.73. The van der Waals surface area contributed by atoms with E-state index in [1.165, 1.54) is 0 Å². The summed E-state index contributed by atoms with van der Waals surface area (Å²) in [7, 11) is 0. The second-order valence-electron chi connectivity index (χ2n) is 6.85. The van der Waals surface area contributed by atoms with Crippen LogP contribution in [0.25, 0.3) is 0 Å². The summed E-state index contributed by atoms with van der Waals surface area (Å²) < 4.78 is 0. The highest BCUT2D eigenvalue weighted by atomic mass is 35.5. The largest absolute Gasteiger partial charge is 0.481 e. The molecule has 1 aliphatic carbocycles. The molecule has 0 bridgehead atoms. The monoisotopic (exact) mass is 364 g/mol. The molecule has 0 aromatic heterocycles. The highest BCUT2D eigenvalue weighted by Gasteiger charge is 2.37. The molecule has 3 rings (SSSR count). The zero-order chi connectivity index (χ0) is 18.0. The summed E-state index contributed by atoms with van der Waals surface area (Å²) in [5.74, 6) is -1.10. The molecule has 2 aliphatic rings. The molecule has 1 heterocycles. The number of carboxylic acids is 1. The number of aliphatic carboxylic acids is 1. The van der Waals surface area contributed by atoms with Crippen molar-refractivity contribution in [3.63, 3.8) is 0 Å². The molecule has 2 unspecified atom stereocenters. The number of benzene rings is 1. The van der Waals surface area contributed by atoms with E-state index in [1.54, 1.807) is 29.2 Å². The molecule has 7 heteroatoms. The van der Waals surface area contributed by atoms with Gasteiger partial charge in [-0.3, -0.25) is 14.4 Å². The highest BCUT2D eigenvalue weighted by molar-refractivity contribution is 6.30. The molecule has 1 aromatic rings. The van der Waals surface area contributed by atoms with Crippen LogP contribution in [-0.4, -0.2) is 40.9 Å². The first kappa shape index (κ1) is 17.7. The third-order valence-corrected chi connectivity index (χ3v) is 4.98. The Morgan fingerprint density at radius 3 is 2.56 bits per heavy atom. The summed E-state index contributed by atoms with van der Waals surface area (Å²) in [6.07, 6.45) is 2.27. The molecule has 1 aliphatic heterocycles. The van der Waals surface area contributed by atoms with Gasteiger partial charge in [-0.15, -0.1) is 0 Å². The number of nitrogens with zero attached hydrogens (tertiary/aromatic N) is 1. The Labute approximate surface area is 151 Å². The molecule has 134 valence electrons. The number of hydrogen-bond acceptors (Lipinski definition) is 3. The standard InChI is InChI=1S/C18H21ClN2O4/c19-14-5-3-12(4-6-14)15(8-17(23)24)20-18(25)13-7-16(22)21(10-13)9-11-1-2-11/h3-6,11,13,15H,1-2,7-10H2,(H,20,25)(H,23,24). The number of rotatable bonds is 7. The molecule has 2 N–H and O–H groups in total. The smallest absolute Gasteiger partial charge is 0.305 e. The number of amides is 2. The first-order valence-corrected chi connectivity index (χ1v) is 8.85. The number of carboxylic acid groups (broad SMARTS) is 1. The maximum atomic E-state index is 12.6. The molecule has 0 spiro atoms. The first-order chi connectivity index (χ1) is 11.9. The fraction of sp³-hybridized carbons (Fsp3) is 0.500. The van der Waals surface area contributed by atoms with Gasteiger partial charge < -0.3 is 15.3 Å².